The number of aromatic nitrogens is 2. The van der Waals surface area contributed by atoms with Crippen molar-refractivity contribution < 1.29 is 4.79 Å². The molecule has 0 radical (unpaired) electrons. The number of imidazole rings is 1. The van der Waals surface area contributed by atoms with E-state index in [9.17, 15) is 4.79 Å². The Bertz CT molecular complexity index is 958. The summed E-state index contributed by atoms with van der Waals surface area (Å²) in [5.74, 6) is 1.31. The van der Waals surface area contributed by atoms with Crippen LogP contribution in [0.4, 0.5) is 0 Å². The molecule has 5 nitrogen and oxygen atoms in total. The fourth-order valence-corrected chi connectivity index (χ4v) is 3.95. The lowest BCUT2D eigenvalue weighted by Gasteiger charge is -2.31. The molecule has 0 unspecified atom stereocenters. The number of benzene rings is 2. The van der Waals surface area contributed by atoms with Gasteiger partial charge in [-0.3, -0.25) is 9.69 Å². The van der Waals surface area contributed by atoms with Gasteiger partial charge in [0.05, 0.1) is 17.6 Å². The van der Waals surface area contributed by atoms with E-state index in [2.05, 4.69) is 34.0 Å². The van der Waals surface area contributed by atoms with Gasteiger partial charge in [0.15, 0.2) is 0 Å². The highest BCUT2D eigenvalue weighted by molar-refractivity contribution is 6.30. The Morgan fingerprint density at radius 1 is 1.14 bits per heavy atom. The number of halogens is 1. The summed E-state index contributed by atoms with van der Waals surface area (Å²) in [5.41, 5.74) is 3.27. The van der Waals surface area contributed by atoms with Crippen LogP contribution in [0, 0.1) is 5.92 Å². The van der Waals surface area contributed by atoms with Crippen LogP contribution in [0.25, 0.3) is 11.0 Å². The zero-order valence-electron chi connectivity index (χ0n) is 16.1. The average Bonchev–Trinajstić information content (AvgIpc) is 3.03. The summed E-state index contributed by atoms with van der Waals surface area (Å²) in [4.78, 5) is 19.7. The normalized spacial score (nSPS) is 15.8. The van der Waals surface area contributed by atoms with Crippen molar-refractivity contribution in [1.29, 1.82) is 0 Å². The lowest BCUT2D eigenvalue weighted by Crippen LogP contribution is -2.40. The molecule has 1 fully saturated rings. The van der Waals surface area contributed by atoms with Crippen molar-refractivity contribution in [2.24, 2.45) is 13.0 Å². The molecule has 6 heteroatoms. The number of fused-ring (bicyclic) bond motifs is 1. The Hall–Kier alpha value is -2.37. The first-order valence-electron chi connectivity index (χ1n) is 9.75. The average molecular weight is 397 g/mol. The van der Waals surface area contributed by atoms with Crippen LogP contribution < -0.4 is 5.32 Å². The monoisotopic (exact) mass is 396 g/mol. The smallest absolute Gasteiger partial charge is 0.223 e. The van der Waals surface area contributed by atoms with Gasteiger partial charge in [-0.25, -0.2) is 4.98 Å². The van der Waals surface area contributed by atoms with Crippen LogP contribution >= 0.6 is 11.6 Å². The topological polar surface area (TPSA) is 50.2 Å². The van der Waals surface area contributed by atoms with Gasteiger partial charge in [-0.2, -0.15) is 0 Å². The molecule has 2 aromatic carbocycles. The summed E-state index contributed by atoms with van der Waals surface area (Å²) >= 11 is 5.90. The predicted octanol–water partition coefficient (Wildman–Crippen LogP) is 3.76. The molecule has 0 aliphatic carbocycles. The first-order chi connectivity index (χ1) is 13.6. The molecule has 1 N–H and O–H groups in total. The summed E-state index contributed by atoms with van der Waals surface area (Å²) in [6, 6.07) is 15.8. The number of para-hydroxylation sites is 2. The second-order valence-corrected chi connectivity index (χ2v) is 7.91. The number of hydrogen-bond donors (Lipinski definition) is 1. The van der Waals surface area contributed by atoms with Crippen molar-refractivity contribution in [2.45, 2.75) is 25.9 Å². The summed E-state index contributed by atoms with van der Waals surface area (Å²) < 4.78 is 2.17. The van der Waals surface area contributed by atoms with E-state index >= 15 is 0 Å². The second kappa shape index (κ2) is 8.33. The maximum atomic E-state index is 12.5. The Morgan fingerprint density at radius 3 is 2.57 bits per heavy atom. The van der Waals surface area contributed by atoms with Gasteiger partial charge in [0, 0.05) is 24.5 Å². The number of hydrogen-bond acceptors (Lipinski definition) is 3. The molecule has 1 aromatic heterocycles. The lowest BCUT2D eigenvalue weighted by atomic mass is 9.96. The van der Waals surface area contributed by atoms with Crippen LogP contribution in [0.5, 0.6) is 0 Å². The highest BCUT2D eigenvalue weighted by Crippen LogP contribution is 2.21. The molecule has 4 rings (SSSR count). The summed E-state index contributed by atoms with van der Waals surface area (Å²) in [6.45, 7) is 3.21. The van der Waals surface area contributed by atoms with Crippen molar-refractivity contribution in [3.63, 3.8) is 0 Å². The maximum Gasteiger partial charge on any atom is 0.223 e. The second-order valence-electron chi connectivity index (χ2n) is 7.47. The Labute approximate surface area is 170 Å². The molecular formula is C22H25ClN4O. The fourth-order valence-electron chi connectivity index (χ4n) is 3.83. The maximum absolute atomic E-state index is 12.5. The molecular weight excluding hydrogens is 372 g/mol. The van der Waals surface area contributed by atoms with Crippen LogP contribution in [0.1, 0.15) is 24.2 Å². The van der Waals surface area contributed by atoms with E-state index in [4.69, 9.17) is 16.6 Å². The highest BCUT2D eigenvalue weighted by atomic mass is 35.5. The number of carbonyl (C=O) groups is 1. The summed E-state index contributed by atoms with van der Waals surface area (Å²) in [5, 5.41) is 3.77. The molecule has 0 spiro atoms. The minimum Gasteiger partial charge on any atom is -0.352 e. The molecule has 146 valence electrons. The van der Waals surface area contributed by atoms with Crippen LogP contribution in [-0.2, 0) is 24.9 Å². The van der Waals surface area contributed by atoms with E-state index < -0.39 is 0 Å². The molecule has 3 aromatic rings. The molecule has 0 atom stereocenters. The number of amides is 1. The summed E-state index contributed by atoms with van der Waals surface area (Å²) in [7, 11) is 2.07. The highest BCUT2D eigenvalue weighted by Gasteiger charge is 2.25. The van der Waals surface area contributed by atoms with E-state index in [1.807, 2.05) is 36.4 Å². The third-order valence-electron chi connectivity index (χ3n) is 5.58. The molecule has 2 heterocycles. The van der Waals surface area contributed by atoms with Gasteiger partial charge in [0.2, 0.25) is 5.91 Å². The van der Waals surface area contributed by atoms with Gasteiger partial charge in [0.25, 0.3) is 0 Å². The van der Waals surface area contributed by atoms with E-state index in [1.54, 1.807) is 0 Å². The summed E-state index contributed by atoms with van der Waals surface area (Å²) in [6.07, 6.45) is 1.77. The predicted molar refractivity (Wildman–Crippen MR) is 112 cm³/mol. The molecule has 1 saturated heterocycles. The first-order valence-corrected chi connectivity index (χ1v) is 10.1. The zero-order valence-corrected chi connectivity index (χ0v) is 16.8. The Morgan fingerprint density at radius 2 is 1.86 bits per heavy atom. The van der Waals surface area contributed by atoms with Gasteiger partial charge in [0.1, 0.15) is 5.82 Å². The van der Waals surface area contributed by atoms with Crippen molar-refractivity contribution in [2.75, 3.05) is 13.1 Å². The molecule has 0 saturated carbocycles. The minimum atomic E-state index is 0.0870. The van der Waals surface area contributed by atoms with E-state index in [0.29, 0.717) is 11.6 Å². The largest absolute Gasteiger partial charge is 0.352 e. The van der Waals surface area contributed by atoms with Crippen LogP contribution in [0.2, 0.25) is 5.02 Å². The molecule has 28 heavy (non-hydrogen) atoms. The van der Waals surface area contributed by atoms with Crippen LogP contribution in [0.3, 0.4) is 0 Å². The molecule has 0 bridgehead atoms. The van der Waals surface area contributed by atoms with Gasteiger partial charge in [-0.15, -0.1) is 0 Å². The SMILES string of the molecule is Cn1c(CN2CCC(C(=O)NCc3ccc(Cl)cc3)CC2)nc2ccccc21. The fraction of sp³-hybridized carbons (Fsp3) is 0.364. The number of nitrogens with one attached hydrogen (secondary N) is 1. The van der Waals surface area contributed by atoms with Gasteiger partial charge >= 0.3 is 0 Å². The molecule has 1 aliphatic heterocycles. The number of piperidine rings is 1. The third-order valence-corrected chi connectivity index (χ3v) is 5.84. The van der Waals surface area contributed by atoms with E-state index in [1.165, 1.54) is 0 Å². The van der Waals surface area contributed by atoms with Crippen LogP contribution in [-0.4, -0.2) is 33.4 Å². The number of rotatable bonds is 5. The quantitative estimate of drug-likeness (QED) is 0.714. The van der Waals surface area contributed by atoms with Gasteiger partial charge < -0.3 is 9.88 Å². The molecule has 1 amide bonds. The number of aryl methyl sites for hydroxylation is 1. The van der Waals surface area contributed by atoms with Crippen molar-refractivity contribution >= 4 is 28.5 Å². The van der Waals surface area contributed by atoms with Crippen molar-refractivity contribution in [1.82, 2.24) is 19.8 Å². The van der Waals surface area contributed by atoms with Gasteiger partial charge in [-0.05, 0) is 55.8 Å². The van der Waals surface area contributed by atoms with Crippen molar-refractivity contribution in [3.8, 4) is 0 Å². The number of likely N-dealkylation sites (tertiary alicyclic amines) is 1. The first kappa shape index (κ1) is 19.0. The number of carbonyl (C=O) groups excluding carboxylic acids is 1. The lowest BCUT2D eigenvalue weighted by molar-refractivity contribution is -0.126. The Kier molecular flexibility index (Phi) is 5.64. The third kappa shape index (κ3) is 4.21. The van der Waals surface area contributed by atoms with Crippen molar-refractivity contribution in [3.05, 3.63) is 64.9 Å². The molecule has 1 aliphatic rings. The Balaban J connectivity index is 1.28. The zero-order chi connectivity index (χ0) is 19.5. The van der Waals surface area contributed by atoms with E-state index in [0.717, 1.165) is 54.9 Å². The number of nitrogens with zero attached hydrogens (tertiary/aromatic N) is 3. The van der Waals surface area contributed by atoms with E-state index in [-0.39, 0.29) is 11.8 Å². The van der Waals surface area contributed by atoms with Gasteiger partial charge in [-0.1, -0.05) is 35.9 Å². The standard InChI is InChI=1S/C22H25ClN4O/c1-26-20-5-3-2-4-19(20)25-21(26)15-27-12-10-17(11-13-27)22(28)24-14-16-6-8-18(23)9-7-16/h2-9,17H,10-15H2,1H3,(H,24,28). The van der Waals surface area contributed by atoms with Crippen LogP contribution in [0.15, 0.2) is 48.5 Å². The minimum absolute atomic E-state index is 0.0870.